The number of nitrogens with zero attached hydrogens (tertiary/aromatic N) is 1. The normalized spacial score (nSPS) is 10.0. The lowest BCUT2D eigenvalue weighted by atomic mass is 10.3. The molecule has 0 aliphatic heterocycles. The van der Waals surface area contributed by atoms with Crippen molar-refractivity contribution in [3.63, 3.8) is 0 Å². The van der Waals surface area contributed by atoms with Gasteiger partial charge in [0.15, 0.2) is 5.82 Å². The predicted octanol–water partition coefficient (Wildman–Crippen LogP) is 3.07. The number of rotatable bonds is 3. The first kappa shape index (κ1) is 11.5. The van der Waals surface area contributed by atoms with E-state index in [0.717, 1.165) is 5.69 Å². The van der Waals surface area contributed by atoms with E-state index in [9.17, 15) is 0 Å². The molecule has 1 aromatic carbocycles. The Morgan fingerprint density at radius 2 is 2.18 bits per heavy atom. The highest BCUT2D eigenvalue weighted by atomic mass is 35.5. The Hall–Kier alpha value is -1.94. The Kier molecular flexibility index (Phi) is 3.35. The minimum atomic E-state index is 0.564. The smallest absolute Gasteiger partial charge is 0.153 e. The van der Waals surface area contributed by atoms with Crippen LogP contribution in [0.25, 0.3) is 0 Å². The van der Waals surface area contributed by atoms with E-state index >= 15 is 0 Å². The van der Waals surface area contributed by atoms with Gasteiger partial charge in [0, 0.05) is 11.2 Å². The van der Waals surface area contributed by atoms with Crippen molar-refractivity contribution in [3.05, 3.63) is 41.6 Å². The standard InChI is InChI=1S/C12H12ClN3O/c1-17-11-5-4-8(13)7-10(11)16-12-9(14)3-2-6-15-12/h2-7H,14H2,1H3,(H,15,16). The van der Waals surface area contributed by atoms with Crippen LogP contribution >= 0.6 is 11.6 Å². The molecule has 17 heavy (non-hydrogen) atoms. The highest BCUT2D eigenvalue weighted by Gasteiger charge is 2.06. The quantitative estimate of drug-likeness (QED) is 0.878. The molecule has 4 nitrogen and oxygen atoms in total. The number of ether oxygens (including phenoxy) is 1. The van der Waals surface area contributed by atoms with E-state index in [1.807, 2.05) is 0 Å². The molecule has 0 saturated carbocycles. The van der Waals surface area contributed by atoms with Gasteiger partial charge in [-0.1, -0.05) is 11.6 Å². The van der Waals surface area contributed by atoms with Crippen molar-refractivity contribution in [2.75, 3.05) is 18.2 Å². The summed E-state index contributed by atoms with van der Waals surface area (Å²) in [6.45, 7) is 0. The molecule has 2 aromatic rings. The number of hydrogen-bond acceptors (Lipinski definition) is 4. The van der Waals surface area contributed by atoms with Crippen molar-refractivity contribution in [1.29, 1.82) is 0 Å². The molecule has 0 unspecified atom stereocenters. The fourth-order valence-corrected chi connectivity index (χ4v) is 1.60. The number of anilines is 3. The third-order valence-corrected chi connectivity index (χ3v) is 2.49. The average Bonchev–Trinajstić information content (AvgIpc) is 2.32. The van der Waals surface area contributed by atoms with Crippen molar-refractivity contribution in [2.24, 2.45) is 0 Å². The molecule has 0 amide bonds. The Morgan fingerprint density at radius 3 is 2.88 bits per heavy atom. The number of halogens is 1. The molecular formula is C12H12ClN3O. The SMILES string of the molecule is COc1ccc(Cl)cc1Nc1ncccc1N. The third kappa shape index (κ3) is 2.60. The van der Waals surface area contributed by atoms with Crippen LogP contribution in [0, 0.1) is 0 Å². The summed E-state index contributed by atoms with van der Waals surface area (Å²) in [6, 6.07) is 8.84. The molecule has 0 spiro atoms. The van der Waals surface area contributed by atoms with Gasteiger partial charge in [0.25, 0.3) is 0 Å². The molecule has 3 N–H and O–H groups in total. The van der Waals surface area contributed by atoms with E-state index in [1.54, 1.807) is 43.6 Å². The second-order valence-electron chi connectivity index (χ2n) is 3.41. The van der Waals surface area contributed by atoms with Gasteiger partial charge in [-0.15, -0.1) is 0 Å². The zero-order valence-electron chi connectivity index (χ0n) is 9.27. The molecule has 5 heteroatoms. The van der Waals surface area contributed by atoms with Crippen LogP contribution in [0.15, 0.2) is 36.5 Å². The zero-order valence-corrected chi connectivity index (χ0v) is 10.0. The van der Waals surface area contributed by atoms with Crippen molar-refractivity contribution < 1.29 is 4.74 Å². The van der Waals surface area contributed by atoms with Crippen molar-refractivity contribution in [2.45, 2.75) is 0 Å². The molecule has 0 aliphatic rings. The van der Waals surface area contributed by atoms with Gasteiger partial charge >= 0.3 is 0 Å². The number of aromatic nitrogens is 1. The molecule has 88 valence electrons. The molecule has 1 aromatic heterocycles. The molecule has 0 saturated heterocycles. The number of nitrogen functional groups attached to an aromatic ring is 1. The van der Waals surface area contributed by atoms with E-state index in [-0.39, 0.29) is 0 Å². The van der Waals surface area contributed by atoms with E-state index in [4.69, 9.17) is 22.1 Å². The Bertz CT molecular complexity index is 531. The molecule has 0 radical (unpaired) electrons. The predicted molar refractivity (Wildman–Crippen MR) is 69.9 cm³/mol. The Balaban J connectivity index is 2.35. The minimum absolute atomic E-state index is 0.564. The molecule has 0 fully saturated rings. The number of pyridine rings is 1. The summed E-state index contributed by atoms with van der Waals surface area (Å²) in [5.41, 5.74) is 7.09. The lowest BCUT2D eigenvalue weighted by Gasteiger charge is -2.12. The second-order valence-corrected chi connectivity index (χ2v) is 3.85. The van der Waals surface area contributed by atoms with Gasteiger partial charge in [-0.25, -0.2) is 4.98 Å². The highest BCUT2D eigenvalue weighted by Crippen LogP contribution is 2.31. The topological polar surface area (TPSA) is 60.2 Å². The first-order valence-corrected chi connectivity index (χ1v) is 5.39. The summed E-state index contributed by atoms with van der Waals surface area (Å²) in [5.74, 6) is 1.26. The van der Waals surface area contributed by atoms with Gasteiger partial charge in [-0.2, -0.15) is 0 Å². The van der Waals surface area contributed by atoms with Gasteiger partial charge in [0.05, 0.1) is 18.5 Å². The third-order valence-electron chi connectivity index (χ3n) is 2.25. The first-order chi connectivity index (χ1) is 8.20. The first-order valence-electron chi connectivity index (χ1n) is 5.02. The van der Waals surface area contributed by atoms with Crippen LogP contribution in [0.3, 0.4) is 0 Å². The number of nitrogens with two attached hydrogens (primary N) is 1. The monoisotopic (exact) mass is 249 g/mol. The maximum Gasteiger partial charge on any atom is 0.153 e. The van der Waals surface area contributed by atoms with Crippen LogP contribution in [0.2, 0.25) is 5.02 Å². The van der Waals surface area contributed by atoms with E-state index < -0.39 is 0 Å². The Labute approximate surface area is 104 Å². The lowest BCUT2D eigenvalue weighted by molar-refractivity contribution is 0.417. The average molecular weight is 250 g/mol. The van der Waals surface area contributed by atoms with Crippen LogP contribution in [-0.4, -0.2) is 12.1 Å². The molecular weight excluding hydrogens is 238 g/mol. The number of hydrogen-bond donors (Lipinski definition) is 2. The summed E-state index contributed by atoms with van der Waals surface area (Å²) in [7, 11) is 1.59. The fourth-order valence-electron chi connectivity index (χ4n) is 1.43. The van der Waals surface area contributed by atoms with Gasteiger partial charge in [-0.05, 0) is 30.3 Å². The van der Waals surface area contributed by atoms with E-state index in [2.05, 4.69) is 10.3 Å². The molecule has 0 atom stereocenters. The molecule has 1 heterocycles. The fraction of sp³-hybridized carbons (Fsp3) is 0.0833. The lowest BCUT2D eigenvalue weighted by Crippen LogP contribution is -2.00. The molecule has 0 aliphatic carbocycles. The van der Waals surface area contributed by atoms with Crippen molar-refractivity contribution >= 4 is 28.8 Å². The van der Waals surface area contributed by atoms with Crippen LogP contribution in [0.5, 0.6) is 5.75 Å². The molecule has 0 bridgehead atoms. The van der Waals surface area contributed by atoms with Gasteiger partial charge in [-0.3, -0.25) is 0 Å². The maximum atomic E-state index is 5.93. The number of benzene rings is 1. The number of methoxy groups -OCH3 is 1. The van der Waals surface area contributed by atoms with Gasteiger partial charge in [0.2, 0.25) is 0 Å². The van der Waals surface area contributed by atoms with Crippen LogP contribution < -0.4 is 15.8 Å². The van der Waals surface area contributed by atoms with E-state index in [0.29, 0.717) is 22.3 Å². The Morgan fingerprint density at radius 1 is 1.35 bits per heavy atom. The second kappa shape index (κ2) is 4.93. The summed E-state index contributed by atoms with van der Waals surface area (Å²) < 4.78 is 5.22. The minimum Gasteiger partial charge on any atom is -0.495 e. The van der Waals surface area contributed by atoms with Crippen LogP contribution in [0.1, 0.15) is 0 Å². The summed E-state index contributed by atoms with van der Waals surface area (Å²) in [6.07, 6.45) is 1.66. The number of nitrogens with one attached hydrogen (secondary N) is 1. The summed E-state index contributed by atoms with van der Waals surface area (Å²) in [5, 5.41) is 3.70. The largest absolute Gasteiger partial charge is 0.495 e. The van der Waals surface area contributed by atoms with E-state index in [1.165, 1.54) is 0 Å². The summed E-state index contributed by atoms with van der Waals surface area (Å²) in [4.78, 5) is 4.14. The van der Waals surface area contributed by atoms with Gasteiger partial charge < -0.3 is 15.8 Å². The summed E-state index contributed by atoms with van der Waals surface area (Å²) >= 11 is 5.93. The van der Waals surface area contributed by atoms with Crippen molar-refractivity contribution in [1.82, 2.24) is 4.98 Å². The zero-order chi connectivity index (χ0) is 12.3. The van der Waals surface area contributed by atoms with Crippen molar-refractivity contribution in [3.8, 4) is 5.75 Å². The molecule has 2 rings (SSSR count). The van der Waals surface area contributed by atoms with Crippen LogP contribution in [0.4, 0.5) is 17.2 Å². The highest BCUT2D eigenvalue weighted by molar-refractivity contribution is 6.31. The van der Waals surface area contributed by atoms with Crippen LogP contribution in [-0.2, 0) is 0 Å². The maximum absolute atomic E-state index is 5.93. The van der Waals surface area contributed by atoms with Gasteiger partial charge in [0.1, 0.15) is 5.75 Å².